The van der Waals surface area contributed by atoms with Crippen LogP contribution in [0.15, 0.2) is 0 Å². The van der Waals surface area contributed by atoms with Crippen LogP contribution in [-0.2, 0) is 9.53 Å². The second kappa shape index (κ2) is 3.79. The molecule has 1 fully saturated rings. The molecule has 82 valence electrons. The summed E-state index contributed by atoms with van der Waals surface area (Å²) in [5, 5.41) is 45.3. The third kappa shape index (κ3) is 2.02. The van der Waals surface area contributed by atoms with Crippen LogP contribution in [0.3, 0.4) is 0 Å². The van der Waals surface area contributed by atoms with Crippen molar-refractivity contribution in [3.63, 3.8) is 0 Å². The van der Waals surface area contributed by atoms with Crippen molar-refractivity contribution in [2.45, 2.75) is 30.5 Å². The molecule has 5 N–H and O–H groups in total. The van der Waals surface area contributed by atoms with Gasteiger partial charge in [-0.15, -0.1) is 0 Å². The summed E-state index contributed by atoms with van der Waals surface area (Å²) >= 11 is 0. The van der Waals surface area contributed by atoms with Gasteiger partial charge in [0, 0.05) is 0 Å². The fraction of sp³-hybridized carbons (Fsp3) is 0.857. The number of aliphatic hydroxyl groups is 4. The van der Waals surface area contributed by atoms with Crippen LogP contribution < -0.4 is 0 Å². The van der Waals surface area contributed by atoms with Crippen molar-refractivity contribution < 1.29 is 35.1 Å². The van der Waals surface area contributed by atoms with Crippen LogP contribution in [0.25, 0.3) is 0 Å². The lowest BCUT2D eigenvalue weighted by molar-refractivity contribution is -0.321. The smallest absolute Gasteiger partial charge is 0.308 e. The van der Waals surface area contributed by atoms with Crippen LogP contribution in [0.1, 0.15) is 6.42 Å². The molecule has 0 bridgehead atoms. The fourth-order valence-corrected chi connectivity index (χ4v) is 1.26. The van der Waals surface area contributed by atoms with Crippen LogP contribution in [-0.4, -0.2) is 62.2 Å². The Morgan fingerprint density at radius 1 is 1.43 bits per heavy atom. The van der Waals surface area contributed by atoms with Gasteiger partial charge in [0.25, 0.3) is 0 Å². The van der Waals surface area contributed by atoms with E-state index >= 15 is 0 Å². The lowest BCUT2D eigenvalue weighted by Crippen LogP contribution is -2.61. The van der Waals surface area contributed by atoms with Crippen molar-refractivity contribution >= 4 is 5.97 Å². The van der Waals surface area contributed by atoms with E-state index in [2.05, 4.69) is 4.74 Å². The fourth-order valence-electron chi connectivity index (χ4n) is 1.26. The largest absolute Gasteiger partial charge is 0.481 e. The van der Waals surface area contributed by atoms with Crippen LogP contribution in [0, 0.1) is 0 Å². The van der Waals surface area contributed by atoms with Crippen LogP contribution in [0.5, 0.6) is 0 Å². The molecule has 0 saturated carbocycles. The topological polar surface area (TPSA) is 127 Å². The van der Waals surface area contributed by atoms with Crippen LogP contribution in [0.4, 0.5) is 0 Å². The average Bonchev–Trinajstić information content (AvgIpc) is 2.08. The van der Waals surface area contributed by atoms with E-state index < -0.39 is 43.1 Å². The molecule has 1 aliphatic heterocycles. The minimum atomic E-state index is -2.34. The van der Waals surface area contributed by atoms with Gasteiger partial charge in [0.15, 0.2) is 0 Å². The molecule has 7 nitrogen and oxygen atoms in total. The zero-order valence-corrected chi connectivity index (χ0v) is 7.20. The first-order valence-corrected chi connectivity index (χ1v) is 3.99. The summed E-state index contributed by atoms with van der Waals surface area (Å²) in [6.07, 6.45) is -5.66. The summed E-state index contributed by atoms with van der Waals surface area (Å²) < 4.78 is 4.59. The first-order chi connectivity index (χ1) is 6.37. The molecule has 0 amide bonds. The molecular weight excluding hydrogens is 196 g/mol. The number of hydrogen-bond acceptors (Lipinski definition) is 6. The summed E-state index contributed by atoms with van der Waals surface area (Å²) in [5.41, 5.74) is 0. The molecule has 7 heteroatoms. The third-order valence-corrected chi connectivity index (χ3v) is 2.09. The summed E-state index contributed by atoms with van der Waals surface area (Å²) in [7, 11) is 0. The number of hydrogen-bond donors (Lipinski definition) is 5. The molecule has 0 aromatic rings. The van der Waals surface area contributed by atoms with E-state index in [1.165, 1.54) is 0 Å². The molecule has 1 unspecified atom stereocenters. The van der Waals surface area contributed by atoms with Crippen molar-refractivity contribution in [2.75, 3.05) is 6.61 Å². The zero-order chi connectivity index (χ0) is 10.9. The van der Waals surface area contributed by atoms with Gasteiger partial charge in [-0.3, -0.25) is 4.79 Å². The first-order valence-electron chi connectivity index (χ1n) is 3.99. The molecule has 0 aromatic heterocycles. The first kappa shape index (κ1) is 11.3. The van der Waals surface area contributed by atoms with Crippen molar-refractivity contribution in [1.82, 2.24) is 0 Å². The highest BCUT2D eigenvalue weighted by Gasteiger charge is 2.49. The highest BCUT2D eigenvalue weighted by molar-refractivity contribution is 5.68. The van der Waals surface area contributed by atoms with Crippen molar-refractivity contribution in [3.8, 4) is 0 Å². The molecule has 14 heavy (non-hydrogen) atoms. The highest BCUT2D eigenvalue weighted by Crippen LogP contribution is 2.26. The highest BCUT2D eigenvalue weighted by atomic mass is 16.6. The van der Waals surface area contributed by atoms with E-state index in [9.17, 15) is 15.0 Å². The average molecular weight is 208 g/mol. The number of carboxylic acid groups (broad SMARTS) is 1. The van der Waals surface area contributed by atoms with Crippen molar-refractivity contribution in [3.05, 3.63) is 0 Å². The Morgan fingerprint density at radius 3 is 2.50 bits per heavy atom. The Balaban J connectivity index is 2.74. The van der Waals surface area contributed by atoms with Crippen molar-refractivity contribution in [1.29, 1.82) is 0 Å². The van der Waals surface area contributed by atoms with Gasteiger partial charge in [0.05, 0.1) is 6.61 Å². The lowest BCUT2D eigenvalue weighted by Gasteiger charge is -2.40. The molecule has 0 aliphatic carbocycles. The minimum absolute atomic E-state index is 0.429. The summed E-state index contributed by atoms with van der Waals surface area (Å²) in [5.74, 6) is -3.72. The van der Waals surface area contributed by atoms with Gasteiger partial charge in [0.2, 0.25) is 5.79 Å². The molecule has 1 saturated heterocycles. The number of aliphatic hydroxyl groups excluding tert-OH is 3. The second-order valence-electron chi connectivity index (χ2n) is 3.23. The second-order valence-corrected chi connectivity index (χ2v) is 3.23. The summed E-state index contributed by atoms with van der Waals surface area (Å²) in [6.45, 7) is -0.429. The predicted molar refractivity (Wildman–Crippen MR) is 41.2 cm³/mol. The van der Waals surface area contributed by atoms with Gasteiger partial charge in [-0.05, 0) is 0 Å². The van der Waals surface area contributed by atoms with E-state index in [1.54, 1.807) is 0 Å². The van der Waals surface area contributed by atoms with Crippen LogP contribution in [0.2, 0.25) is 0 Å². The van der Waals surface area contributed by atoms with Crippen molar-refractivity contribution in [2.24, 2.45) is 0 Å². The van der Waals surface area contributed by atoms with Crippen LogP contribution >= 0.6 is 0 Å². The van der Waals surface area contributed by atoms with Gasteiger partial charge in [-0.25, -0.2) is 0 Å². The SMILES string of the molecule is O=C(O)CC1(O)OC[C@@H](O)[C@H](O)[C@H]1O. The summed E-state index contributed by atoms with van der Waals surface area (Å²) in [4.78, 5) is 10.3. The normalized spacial score (nSPS) is 43.6. The quantitative estimate of drug-likeness (QED) is 0.333. The number of rotatable bonds is 2. The minimum Gasteiger partial charge on any atom is -0.481 e. The third-order valence-electron chi connectivity index (χ3n) is 2.09. The Bertz CT molecular complexity index is 230. The number of aliphatic carboxylic acids is 1. The maximum atomic E-state index is 10.3. The van der Waals surface area contributed by atoms with E-state index in [0.29, 0.717) is 0 Å². The standard InChI is InChI=1S/C7H12O7/c8-3-2-14-7(13,1-4(9)10)6(12)5(3)11/h3,5-6,8,11-13H,1-2H2,(H,9,10)/t3-,5+,6-,7?/m1/s1. The monoisotopic (exact) mass is 208 g/mol. The van der Waals surface area contributed by atoms with Gasteiger partial charge in [-0.2, -0.15) is 0 Å². The Kier molecular flexibility index (Phi) is 3.07. The van der Waals surface area contributed by atoms with Gasteiger partial charge in [0.1, 0.15) is 24.7 Å². The predicted octanol–water partition coefficient (Wildman–Crippen LogP) is -2.74. The Morgan fingerprint density at radius 2 is 2.00 bits per heavy atom. The number of carboxylic acids is 1. The molecule has 1 heterocycles. The number of carbonyl (C=O) groups is 1. The van der Waals surface area contributed by atoms with Gasteiger partial charge >= 0.3 is 5.97 Å². The Hall–Kier alpha value is -0.730. The molecule has 1 rings (SSSR count). The molecule has 4 atom stereocenters. The molecule has 1 aliphatic rings. The van der Waals surface area contributed by atoms with E-state index in [1.807, 2.05) is 0 Å². The Labute approximate surface area is 79.2 Å². The summed E-state index contributed by atoms with van der Waals surface area (Å²) in [6, 6.07) is 0. The molecular formula is C7H12O7. The molecule has 0 spiro atoms. The lowest BCUT2D eigenvalue weighted by atomic mass is 9.94. The van der Waals surface area contributed by atoms with E-state index in [0.717, 1.165) is 0 Å². The number of ether oxygens (including phenoxy) is 1. The van der Waals surface area contributed by atoms with Gasteiger partial charge < -0.3 is 30.3 Å². The van der Waals surface area contributed by atoms with E-state index in [4.69, 9.17) is 15.3 Å². The molecule has 0 radical (unpaired) electrons. The zero-order valence-electron chi connectivity index (χ0n) is 7.20. The van der Waals surface area contributed by atoms with E-state index in [-0.39, 0.29) is 0 Å². The van der Waals surface area contributed by atoms with Gasteiger partial charge in [-0.1, -0.05) is 0 Å². The maximum absolute atomic E-state index is 10.3. The molecule has 0 aromatic carbocycles. The maximum Gasteiger partial charge on any atom is 0.308 e.